The number of likely N-dealkylation sites (tertiary alicyclic amines) is 1. The van der Waals surface area contributed by atoms with E-state index in [4.69, 9.17) is 0 Å². The number of hydrogen-bond donors (Lipinski definition) is 3. The highest BCUT2D eigenvalue weighted by Gasteiger charge is 2.24. The van der Waals surface area contributed by atoms with Gasteiger partial charge >= 0.3 is 0 Å². The molecule has 6 nitrogen and oxygen atoms in total. The lowest BCUT2D eigenvalue weighted by Crippen LogP contribution is -2.44. The molecule has 6 heteroatoms. The lowest BCUT2D eigenvalue weighted by atomic mass is 10.1. The summed E-state index contributed by atoms with van der Waals surface area (Å²) in [5.41, 5.74) is 3.33. The van der Waals surface area contributed by atoms with Crippen LogP contribution in [0, 0.1) is 5.92 Å². The van der Waals surface area contributed by atoms with Crippen LogP contribution in [-0.4, -0.2) is 42.9 Å². The molecule has 1 fully saturated rings. The summed E-state index contributed by atoms with van der Waals surface area (Å²) in [5.74, 6) is 0.812. The largest absolute Gasteiger partial charge is 0.355 e. The van der Waals surface area contributed by atoms with Crippen LogP contribution >= 0.6 is 0 Å². The van der Waals surface area contributed by atoms with E-state index < -0.39 is 0 Å². The first kappa shape index (κ1) is 22.8. The van der Waals surface area contributed by atoms with Crippen LogP contribution in [0.3, 0.4) is 0 Å². The number of rotatable bonds is 8. The number of anilines is 1. The molecule has 2 aromatic carbocycles. The lowest BCUT2D eigenvalue weighted by Gasteiger charge is -2.25. The molecule has 1 aliphatic rings. The number of aliphatic imine (C=N–C) groups is 1. The molecule has 0 bridgehead atoms. The fourth-order valence-corrected chi connectivity index (χ4v) is 3.77. The Kier molecular flexibility index (Phi) is 8.47. The van der Waals surface area contributed by atoms with Gasteiger partial charge in [0.1, 0.15) is 0 Å². The van der Waals surface area contributed by atoms with Gasteiger partial charge in [-0.25, -0.2) is 0 Å². The number of carbonyl (C=O) groups is 1. The van der Waals surface area contributed by atoms with Gasteiger partial charge in [-0.15, -0.1) is 0 Å². The van der Waals surface area contributed by atoms with Crippen LogP contribution in [-0.2, 0) is 17.9 Å². The number of nitrogens with zero attached hydrogens (tertiary/aromatic N) is 2. The summed E-state index contributed by atoms with van der Waals surface area (Å²) in [6.45, 7) is 7.48. The summed E-state index contributed by atoms with van der Waals surface area (Å²) < 4.78 is 0. The average Bonchev–Trinajstić information content (AvgIpc) is 3.22. The Morgan fingerprint density at radius 2 is 1.81 bits per heavy atom. The Hall–Kier alpha value is -2.86. The Labute approximate surface area is 186 Å². The van der Waals surface area contributed by atoms with E-state index in [0.29, 0.717) is 12.6 Å². The van der Waals surface area contributed by atoms with Gasteiger partial charge in [-0.1, -0.05) is 56.3 Å². The van der Waals surface area contributed by atoms with E-state index in [1.54, 1.807) is 7.05 Å². The monoisotopic (exact) mass is 421 g/mol. The third kappa shape index (κ3) is 7.10. The van der Waals surface area contributed by atoms with Crippen molar-refractivity contribution in [3.05, 3.63) is 65.7 Å². The van der Waals surface area contributed by atoms with Crippen LogP contribution in [0.25, 0.3) is 0 Å². The zero-order chi connectivity index (χ0) is 22.1. The van der Waals surface area contributed by atoms with Gasteiger partial charge in [0.2, 0.25) is 5.91 Å². The molecule has 1 atom stereocenters. The van der Waals surface area contributed by atoms with Gasteiger partial charge in [0.25, 0.3) is 0 Å². The van der Waals surface area contributed by atoms with Crippen LogP contribution < -0.4 is 16.0 Å². The van der Waals surface area contributed by atoms with Crippen LogP contribution in [0.2, 0.25) is 0 Å². The zero-order valence-electron chi connectivity index (χ0n) is 18.9. The fraction of sp³-hybridized carbons (Fsp3) is 0.440. The molecule has 31 heavy (non-hydrogen) atoms. The number of guanidine groups is 1. The maximum absolute atomic E-state index is 11.8. The van der Waals surface area contributed by atoms with Gasteiger partial charge < -0.3 is 16.0 Å². The topological polar surface area (TPSA) is 68.8 Å². The summed E-state index contributed by atoms with van der Waals surface area (Å²) in [7, 11) is 1.80. The van der Waals surface area contributed by atoms with Crippen molar-refractivity contribution in [2.75, 3.05) is 25.5 Å². The minimum atomic E-state index is -0.0285. The fourth-order valence-electron chi connectivity index (χ4n) is 3.77. The van der Waals surface area contributed by atoms with E-state index in [1.807, 2.05) is 38.1 Å². The van der Waals surface area contributed by atoms with Gasteiger partial charge in [-0.3, -0.25) is 14.7 Å². The van der Waals surface area contributed by atoms with Gasteiger partial charge in [0.05, 0.1) is 0 Å². The van der Waals surface area contributed by atoms with E-state index in [1.165, 1.54) is 18.4 Å². The van der Waals surface area contributed by atoms with Crippen LogP contribution in [0.1, 0.15) is 37.8 Å². The van der Waals surface area contributed by atoms with Crippen molar-refractivity contribution in [1.29, 1.82) is 0 Å². The second-order valence-corrected chi connectivity index (χ2v) is 8.40. The number of amides is 1. The molecule has 1 heterocycles. The Bertz CT molecular complexity index is 848. The number of nitrogens with one attached hydrogen (secondary N) is 3. The van der Waals surface area contributed by atoms with E-state index in [2.05, 4.69) is 56.2 Å². The first-order valence-electron chi connectivity index (χ1n) is 11.2. The molecule has 1 amide bonds. The predicted molar refractivity (Wildman–Crippen MR) is 128 cm³/mol. The second kappa shape index (κ2) is 11.5. The molecular weight excluding hydrogens is 386 g/mol. The van der Waals surface area contributed by atoms with Crippen molar-refractivity contribution in [2.45, 2.75) is 45.8 Å². The summed E-state index contributed by atoms with van der Waals surface area (Å²) >= 11 is 0. The second-order valence-electron chi connectivity index (χ2n) is 8.40. The summed E-state index contributed by atoms with van der Waals surface area (Å²) in [5, 5.41) is 9.79. The summed E-state index contributed by atoms with van der Waals surface area (Å²) in [4.78, 5) is 18.7. The predicted octanol–water partition coefficient (Wildman–Crippen LogP) is 3.61. The highest BCUT2D eigenvalue weighted by molar-refractivity contribution is 5.92. The smallest absolute Gasteiger partial charge is 0.226 e. The quantitative estimate of drug-likeness (QED) is 0.450. The molecule has 166 valence electrons. The van der Waals surface area contributed by atoms with Crippen molar-refractivity contribution in [3.63, 3.8) is 0 Å². The Morgan fingerprint density at radius 1 is 1.06 bits per heavy atom. The molecule has 1 unspecified atom stereocenters. The number of hydrogen-bond acceptors (Lipinski definition) is 3. The normalized spacial score (nSPS) is 17.0. The van der Waals surface area contributed by atoms with Crippen molar-refractivity contribution < 1.29 is 4.79 Å². The van der Waals surface area contributed by atoms with Crippen molar-refractivity contribution in [3.8, 4) is 0 Å². The number of carbonyl (C=O) groups excluding carboxylic acids is 1. The standard InChI is InChI=1S/C25H35N5O/c1-19(2)24(31)29-22-13-11-20(12-14-22)16-27-25(26-3)28-17-23-10-7-15-30(23)18-21-8-5-4-6-9-21/h4-6,8-9,11-14,19,23H,7,10,15-18H2,1-3H3,(H,29,31)(H2,26,27,28). The highest BCUT2D eigenvalue weighted by atomic mass is 16.1. The van der Waals surface area contributed by atoms with Crippen LogP contribution in [0.4, 0.5) is 5.69 Å². The molecule has 2 aromatic rings. The molecule has 0 spiro atoms. The van der Waals surface area contributed by atoms with Crippen molar-refractivity contribution in [1.82, 2.24) is 15.5 Å². The SMILES string of the molecule is CN=C(NCc1ccc(NC(=O)C(C)C)cc1)NCC1CCCN1Cc1ccccc1. The van der Waals surface area contributed by atoms with Crippen molar-refractivity contribution in [2.24, 2.45) is 10.9 Å². The third-order valence-electron chi connectivity index (χ3n) is 5.66. The molecule has 0 aliphatic carbocycles. The van der Waals surface area contributed by atoms with Gasteiger partial charge in [-0.2, -0.15) is 0 Å². The maximum atomic E-state index is 11.8. The summed E-state index contributed by atoms with van der Waals surface area (Å²) in [6.07, 6.45) is 2.45. The Morgan fingerprint density at radius 3 is 2.48 bits per heavy atom. The van der Waals surface area contributed by atoms with Crippen LogP contribution in [0.5, 0.6) is 0 Å². The first-order valence-corrected chi connectivity index (χ1v) is 11.2. The first-order chi connectivity index (χ1) is 15.0. The van der Waals surface area contributed by atoms with Gasteiger partial charge in [0, 0.05) is 44.3 Å². The minimum absolute atomic E-state index is 0.0285. The zero-order valence-corrected chi connectivity index (χ0v) is 18.9. The molecule has 0 saturated carbocycles. The van der Waals surface area contributed by atoms with Gasteiger partial charge in [0.15, 0.2) is 5.96 Å². The molecule has 0 radical (unpaired) electrons. The highest BCUT2D eigenvalue weighted by Crippen LogP contribution is 2.19. The van der Waals surface area contributed by atoms with E-state index in [9.17, 15) is 4.79 Å². The molecule has 1 saturated heterocycles. The molecule has 1 aliphatic heterocycles. The minimum Gasteiger partial charge on any atom is -0.355 e. The van der Waals surface area contributed by atoms with Crippen LogP contribution in [0.15, 0.2) is 59.6 Å². The summed E-state index contributed by atoms with van der Waals surface area (Å²) in [6, 6.07) is 19.1. The lowest BCUT2D eigenvalue weighted by molar-refractivity contribution is -0.118. The average molecular weight is 422 g/mol. The maximum Gasteiger partial charge on any atom is 0.226 e. The van der Waals surface area contributed by atoms with E-state index >= 15 is 0 Å². The molecule has 3 N–H and O–H groups in total. The Balaban J connectivity index is 1.44. The van der Waals surface area contributed by atoms with E-state index in [0.717, 1.165) is 36.8 Å². The van der Waals surface area contributed by atoms with Gasteiger partial charge in [-0.05, 0) is 42.6 Å². The van der Waals surface area contributed by atoms with Crippen molar-refractivity contribution >= 4 is 17.6 Å². The molecular formula is C25H35N5O. The molecule has 3 rings (SSSR count). The number of benzene rings is 2. The molecule has 0 aromatic heterocycles. The third-order valence-corrected chi connectivity index (χ3v) is 5.66. The van der Waals surface area contributed by atoms with E-state index in [-0.39, 0.29) is 11.8 Å².